The average Bonchev–Trinajstić information content (AvgIpc) is 3.13. The highest BCUT2D eigenvalue weighted by atomic mass is 35.5. The Morgan fingerprint density at radius 3 is 2.67 bits per heavy atom. The Balaban J connectivity index is 1.52. The molecule has 1 aliphatic heterocycles. The molecule has 1 atom stereocenters. The molecule has 0 amide bonds. The number of benzene rings is 2. The van der Waals surface area contributed by atoms with E-state index in [1.165, 1.54) is 18.4 Å². The molecule has 1 aliphatic rings. The molecule has 0 N–H and O–H groups in total. The highest BCUT2D eigenvalue weighted by Crippen LogP contribution is 2.38. The normalized spacial score (nSPS) is 17.1. The van der Waals surface area contributed by atoms with Crippen molar-refractivity contribution in [2.45, 2.75) is 32.2 Å². The topological polar surface area (TPSA) is 47.7 Å². The Morgan fingerprint density at radius 1 is 1.13 bits per heavy atom. The summed E-state index contributed by atoms with van der Waals surface area (Å²) in [7, 11) is 3.25. The third kappa shape index (κ3) is 4.32. The summed E-state index contributed by atoms with van der Waals surface area (Å²) in [6.45, 7) is 4.81. The highest BCUT2D eigenvalue weighted by Gasteiger charge is 2.24. The molecule has 0 bridgehead atoms. The van der Waals surface area contributed by atoms with E-state index in [0.29, 0.717) is 23.3 Å². The summed E-state index contributed by atoms with van der Waals surface area (Å²) >= 11 is 6.05. The van der Waals surface area contributed by atoms with Gasteiger partial charge in [-0.3, -0.25) is 4.90 Å². The van der Waals surface area contributed by atoms with Crippen molar-refractivity contribution in [2.75, 3.05) is 27.3 Å². The minimum Gasteiger partial charge on any atom is -0.493 e. The van der Waals surface area contributed by atoms with Crippen LogP contribution in [0.25, 0.3) is 11.5 Å². The summed E-state index contributed by atoms with van der Waals surface area (Å²) in [5, 5.41) is 0.783. The number of rotatable bonds is 6. The number of aromatic nitrogens is 1. The van der Waals surface area contributed by atoms with Crippen LogP contribution in [0.2, 0.25) is 5.02 Å². The van der Waals surface area contributed by atoms with Crippen LogP contribution in [-0.2, 0) is 6.54 Å². The lowest BCUT2D eigenvalue weighted by Crippen LogP contribution is -2.34. The first-order valence-corrected chi connectivity index (χ1v) is 10.6. The lowest BCUT2D eigenvalue weighted by atomic mass is 9.90. The number of para-hydroxylation sites is 1. The van der Waals surface area contributed by atoms with Crippen LogP contribution in [0.5, 0.6) is 11.5 Å². The zero-order valence-corrected chi connectivity index (χ0v) is 18.4. The van der Waals surface area contributed by atoms with Gasteiger partial charge in [0.2, 0.25) is 5.89 Å². The predicted octanol–water partition coefficient (Wildman–Crippen LogP) is 5.70. The van der Waals surface area contributed by atoms with Gasteiger partial charge in [0, 0.05) is 18.1 Å². The van der Waals surface area contributed by atoms with Crippen molar-refractivity contribution in [3.8, 4) is 23.0 Å². The summed E-state index contributed by atoms with van der Waals surface area (Å²) in [4.78, 5) is 7.26. The minimum absolute atomic E-state index is 0.515. The molecule has 0 saturated carbocycles. The number of oxazole rings is 1. The van der Waals surface area contributed by atoms with E-state index in [9.17, 15) is 0 Å². The highest BCUT2D eigenvalue weighted by molar-refractivity contribution is 6.30. The molecule has 0 radical (unpaired) electrons. The van der Waals surface area contributed by atoms with Gasteiger partial charge in [-0.15, -0.1) is 0 Å². The molecule has 5 nitrogen and oxygen atoms in total. The number of ether oxygens (including phenoxy) is 2. The maximum absolute atomic E-state index is 6.05. The number of hydrogen-bond donors (Lipinski definition) is 0. The van der Waals surface area contributed by atoms with Crippen molar-refractivity contribution in [1.82, 2.24) is 9.88 Å². The molecule has 2 heterocycles. The fraction of sp³-hybridized carbons (Fsp3) is 0.375. The molecule has 30 heavy (non-hydrogen) atoms. The number of methoxy groups -OCH3 is 2. The molecule has 1 fully saturated rings. The number of aryl methyl sites for hydroxylation is 1. The van der Waals surface area contributed by atoms with Gasteiger partial charge in [-0.2, -0.15) is 0 Å². The van der Waals surface area contributed by atoms with Gasteiger partial charge in [0.25, 0.3) is 0 Å². The third-order valence-corrected chi connectivity index (χ3v) is 6.00. The van der Waals surface area contributed by atoms with Crippen LogP contribution in [0.1, 0.15) is 35.8 Å². The van der Waals surface area contributed by atoms with Gasteiger partial charge in [-0.1, -0.05) is 29.8 Å². The summed E-state index contributed by atoms with van der Waals surface area (Å²) in [5.74, 6) is 3.21. The van der Waals surface area contributed by atoms with Gasteiger partial charge < -0.3 is 13.9 Å². The van der Waals surface area contributed by atoms with Crippen LogP contribution < -0.4 is 9.47 Å². The van der Waals surface area contributed by atoms with Gasteiger partial charge in [0.15, 0.2) is 11.5 Å². The van der Waals surface area contributed by atoms with Crippen LogP contribution >= 0.6 is 11.6 Å². The molecule has 1 aromatic heterocycles. The zero-order valence-electron chi connectivity index (χ0n) is 17.7. The molecular formula is C24H27ClN2O3. The molecule has 4 rings (SSSR count). The van der Waals surface area contributed by atoms with E-state index < -0.39 is 0 Å². The maximum Gasteiger partial charge on any atom is 0.230 e. The van der Waals surface area contributed by atoms with Crippen molar-refractivity contribution < 1.29 is 13.9 Å². The van der Waals surface area contributed by atoms with E-state index in [1.54, 1.807) is 14.2 Å². The van der Waals surface area contributed by atoms with Gasteiger partial charge in [-0.25, -0.2) is 4.98 Å². The SMILES string of the molecule is COc1cccc(-c2nc(CN3CCC[C@@H](c4ccc(Cl)cc4)C3)c(C)o2)c1OC. The Hall–Kier alpha value is -2.50. The van der Waals surface area contributed by atoms with Crippen molar-refractivity contribution in [2.24, 2.45) is 0 Å². The molecule has 1 saturated heterocycles. The third-order valence-electron chi connectivity index (χ3n) is 5.75. The Labute approximate surface area is 182 Å². The molecule has 0 aliphatic carbocycles. The van der Waals surface area contributed by atoms with Crippen molar-refractivity contribution in [1.29, 1.82) is 0 Å². The monoisotopic (exact) mass is 426 g/mol. The number of hydrogen-bond acceptors (Lipinski definition) is 5. The molecule has 0 unspecified atom stereocenters. The lowest BCUT2D eigenvalue weighted by Gasteiger charge is -2.32. The molecular weight excluding hydrogens is 400 g/mol. The van der Waals surface area contributed by atoms with Crippen molar-refractivity contribution in [3.63, 3.8) is 0 Å². The first kappa shape index (κ1) is 20.8. The molecule has 158 valence electrons. The number of halogens is 1. The Kier molecular flexibility index (Phi) is 6.30. The summed E-state index contributed by atoms with van der Waals surface area (Å²) < 4.78 is 17.0. The first-order chi connectivity index (χ1) is 14.6. The minimum atomic E-state index is 0.515. The molecule has 0 spiro atoms. The second kappa shape index (κ2) is 9.11. The predicted molar refractivity (Wildman–Crippen MR) is 118 cm³/mol. The van der Waals surface area contributed by atoms with Gasteiger partial charge in [-0.05, 0) is 62.1 Å². The second-order valence-electron chi connectivity index (χ2n) is 7.69. The zero-order chi connectivity index (χ0) is 21.1. The fourth-order valence-electron chi connectivity index (χ4n) is 4.16. The fourth-order valence-corrected chi connectivity index (χ4v) is 4.29. The van der Waals surface area contributed by atoms with Crippen molar-refractivity contribution in [3.05, 3.63) is 64.5 Å². The average molecular weight is 427 g/mol. The first-order valence-electron chi connectivity index (χ1n) is 10.2. The van der Waals surface area contributed by atoms with E-state index in [0.717, 1.165) is 41.7 Å². The molecule has 2 aromatic carbocycles. The van der Waals surface area contributed by atoms with E-state index in [4.69, 9.17) is 30.5 Å². The van der Waals surface area contributed by atoms with Crippen LogP contribution in [-0.4, -0.2) is 37.2 Å². The summed E-state index contributed by atoms with van der Waals surface area (Å²) in [5.41, 5.74) is 3.11. The van der Waals surface area contributed by atoms with E-state index in [-0.39, 0.29) is 0 Å². The van der Waals surface area contributed by atoms with Crippen LogP contribution in [0.3, 0.4) is 0 Å². The standard InChI is InChI=1S/C24H27ClN2O3/c1-16-21(26-24(30-16)20-7-4-8-22(28-2)23(20)29-3)15-27-13-5-6-18(14-27)17-9-11-19(25)12-10-17/h4,7-12,18H,5-6,13-15H2,1-3H3/t18-/m1/s1. The summed E-state index contributed by atoms with van der Waals surface area (Å²) in [6, 6.07) is 14.0. The van der Waals surface area contributed by atoms with Crippen molar-refractivity contribution >= 4 is 11.6 Å². The summed E-state index contributed by atoms with van der Waals surface area (Å²) in [6.07, 6.45) is 2.36. The molecule has 3 aromatic rings. The van der Waals surface area contributed by atoms with Crippen LogP contribution in [0.15, 0.2) is 46.9 Å². The number of likely N-dealkylation sites (tertiary alicyclic amines) is 1. The second-order valence-corrected chi connectivity index (χ2v) is 8.13. The number of nitrogens with zero attached hydrogens (tertiary/aromatic N) is 2. The van der Waals surface area contributed by atoms with Gasteiger partial charge in [0.1, 0.15) is 5.76 Å². The molecule has 6 heteroatoms. The Bertz CT molecular complexity index is 1000. The van der Waals surface area contributed by atoms with E-state index >= 15 is 0 Å². The van der Waals surface area contributed by atoms with Crippen LogP contribution in [0, 0.1) is 6.92 Å². The van der Waals surface area contributed by atoms with Gasteiger partial charge >= 0.3 is 0 Å². The van der Waals surface area contributed by atoms with Gasteiger partial charge in [0.05, 0.1) is 25.5 Å². The lowest BCUT2D eigenvalue weighted by molar-refractivity contribution is 0.197. The largest absolute Gasteiger partial charge is 0.493 e. The number of piperidine rings is 1. The maximum atomic E-state index is 6.05. The van der Waals surface area contributed by atoms with Crippen LogP contribution in [0.4, 0.5) is 0 Å². The Morgan fingerprint density at radius 2 is 1.93 bits per heavy atom. The quantitative estimate of drug-likeness (QED) is 0.506. The van der Waals surface area contributed by atoms with E-state index in [2.05, 4.69) is 17.0 Å². The smallest absolute Gasteiger partial charge is 0.230 e. The van der Waals surface area contributed by atoms with E-state index in [1.807, 2.05) is 37.3 Å².